The number of ketones is 1. The molecule has 1 aromatic rings. The Morgan fingerprint density at radius 3 is 2.67 bits per heavy atom. The number of nitrogens with zero attached hydrogens (tertiary/aromatic N) is 2. The minimum Gasteiger partial charge on any atom is -0.371 e. The average molecular weight is 286 g/mol. The molecule has 0 spiro atoms. The van der Waals surface area contributed by atoms with Crippen LogP contribution in [0.5, 0.6) is 0 Å². The molecule has 1 heterocycles. The molecule has 3 heteroatoms. The van der Waals surface area contributed by atoms with Crippen LogP contribution in [-0.2, 0) is 4.79 Å². The second kappa shape index (κ2) is 5.36. The molecule has 21 heavy (non-hydrogen) atoms. The van der Waals surface area contributed by atoms with Crippen LogP contribution in [0, 0.1) is 11.3 Å². The molecule has 1 aliphatic heterocycles. The van der Waals surface area contributed by atoms with E-state index in [4.69, 9.17) is 0 Å². The van der Waals surface area contributed by atoms with E-state index in [0.717, 1.165) is 38.9 Å². The summed E-state index contributed by atoms with van der Waals surface area (Å²) in [6.45, 7) is 7.51. The average Bonchev–Trinajstić information content (AvgIpc) is 2.46. The molecule has 0 amide bonds. The third-order valence-corrected chi connectivity index (χ3v) is 5.08. The van der Waals surface area contributed by atoms with Gasteiger partial charge in [0.2, 0.25) is 0 Å². The van der Waals surface area contributed by atoms with Crippen LogP contribution in [0.15, 0.2) is 24.3 Å². The standard InChI is InChI=1S/C18H26N2O/c1-18(2)9-8-17(21)14(12-18)13-20-11-10-19(3)15-6-4-5-7-16(15)20/h4-7,14H,8-13H2,1-3H3. The van der Waals surface area contributed by atoms with Crippen molar-refractivity contribution >= 4 is 17.2 Å². The summed E-state index contributed by atoms with van der Waals surface area (Å²) >= 11 is 0. The van der Waals surface area contributed by atoms with Crippen LogP contribution >= 0.6 is 0 Å². The highest BCUT2D eigenvalue weighted by Gasteiger charge is 2.35. The number of rotatable bonds is 2. The molecule has 0 N–H and O–H groups in total. The van der Waals surface area contributed by atoms with Crippen molar-refractivity contribution in [2.24, 2.45) is 11.3 Å². The van der Waals surface area contributed by atoms with E-state index in [9.17, 15) is 4.79 Å². The van der Waals surface area contributed by atoms with Crippen LogP contribution in [0.3, 0.4) is 0 Å². The lowest BCUT2D eigenvalue weighted by Gasteiger charge is -2.41. The van der Waals surface area contributed by atoms with Crippen molar-refractivity contribution < 1.29 is 4.79 Å². The lowest BCUT2D eigenvalue weighted by molar-refractivity contribution is -0.126. The number of hydrogen-bond donors (Lipinski definition) is 0. The van der Waals surface area contributed by atoms with Gasteiger partial charge >= 0.3 is 0 Å². The van der Waals surface area contributed by atoms with Gasteiger partial charge in [-0.3, -0.25) is 4.79 Å². The summed E-state index contributed by atoms with van der Waals surface area (Å²) in [6.07, 6.45) is 2.83. The van der Waals surface area contributed by atoms with Crippen molar-refractivity contribution in [3.05, 3.63) is 24.3 Å². The number of benzene rings is 1. The Labute approximate surface area is 127 Å². The first-order valence-electron chi connectivity index (χ1n) is 8.04. The second-order valence-electron chi connectivity index (χ2n) is 7.39. The van der Waals surface area contributed by atoms with Gasteiger partial charge in [-0.05, 0) is 30.4 Å². The predicted molar refractivity (Wildman–Crippen MR) is 88.1 cm³/mol. The van der Waals surface area contributed by atoms with Crippen molar-refractivity contribution in [2.45, 2.75) is 33.1 Å². The van der Waals surface area contributed by atoms with E-state index < -0.39 is 0 Å². The summed E-state index contributed by atoms with van der Waals surface area (Å²) < 4.78 is 0. The molecule has 1 atom stereocenters. The number of carbonyl (C=O) groups excluding carboxylic acids is 1. The van der Waals surface area contributed by atoms with E-state index in [0.29, 0.717) is 11.2 Å². The van der Waals surface area contributed by atoms with Gasteiger partial charge in [0.15, 0.2) is 0 Å². The van der Waals surface area contributed by atoms with Crippen molar-refractivity contribution in [1.82, 2.24) is 0 Å². The van der Waals surface area contributed by atoms with Crippen LogP contribution in [0.4, 0.5) is 11.4 Å². The molecule has 1 aromatic carbocycles. The zero-order valence-corrected chi connectivity index (χ0v) is 13.4. The zero-order chi connectivity index (χ0) is 15.0. The van der Waals surface area contributed by atoms with E-state index in [2.05, 4.69) is 55.0 Å². The molecule has 1 fully saturated rings. The summed E-state index contributed by atoms with van der Waals surface area (Å²) in [5.74, 6) is 0.663. The summed E-state index contributed by atoms with van der Waals surface area (Å²) in [7, 11) is 2.14. The Balaban J connectivity index is 1.79. The van der Waals surface area contributed by atoms with Crippen molar-refractivity contribution in [2.75, 3.05) is 36.5 Å². The number of carbonyl (C=O) groups is 1. The maximum absolute atomic E-state index is 12.3. The van der Waals surface area contributed by atoms with Crippen LogP contribution < -0.4 is 9.80 Å². The lowest BCUT2D eigenvalue weighted by Crippen LogP contribution is -2.44. The van der Waals surface area contributed by atoms with Crippen molar-refractivity contribution in [3.8, 4) is 0 Å². The van der Waals surface area contributed by atoms with Crippen LogP contribution in [0.1, 0.15) is 33.1 Å². The summed E-state index contributed by atoms with van der Waals surface area (Å²) in [4.78, 5) is 17.0. The van der Waals surface area contributed by atoms with Gasteiger partial charge in [-0.25, -0.2) is 0 Å². The van der Waals surface area contributed by atoms with E-state index >= 15 is 0 Å². The fraction of sp³-hybridized carbons (Fsp3) is 0.611. The minimum absolute atomic E-state index is 0.199. The first-order valence-corrected chi connectivity index (χ1v) is 8.04. The lowest BCUT2D eigenvalue weighted by atomic mass is 9.71. The molecule has 3 nitrogen and oxygen atoms in total. The predicted octanol–water partition coefficient (Wildman–Crippen LogP) is 3.34. The number of para-hydroxylation sites is 2. The highest BCUT2D eigenvalue weighted by Crippen LogP contribution is 2.39. The third kappa shape index (κ3) is 2.92. The van der Waals surface area contributed by atoms with E-state index in [1.807, 2.05) is 0 Å². The normalized spacial score (nSPS) is 24.9. The topological polar surface area (TPSA) is 23.6 Å². The molecule has 0 bridgehead atoms. The van der Waals surface area contributed by atoms with Gasteiger partial charge in [0.25, 0.3) is 0 Å². The minimum atomic E-state index is 0.199. The van der Waals surface area contributed by atoms with Gasteiger partial charge in [0, 0.05) is 39.0 Å². The summed E-state index contributed by atoms with van der Waals surface area (Å²) in [5, 5.41) is 0. The number of likely N-dealkylation sites (N-methyl/N-ethyl adjacent to an activating group) is 1. The smallest absolute Gasteiger partial charge is 0.137 e. The molecule has 1 unspecified atom stereocenters. The second-order valence-corrected chi connectivity index (χ2v) is 7.39. The summed E-state index contributed by atoms with van der Waals surface area (Å²) in [6, 6.07) is 8.54. The molecule has 1 saturated carbocycles. The van der Waals surface area contributed by atoms with Crippen molar-refractivity contribution in [1.29, 1.82) is 0 Å². The molecule has 3 rings (SSSR count). The van der Waals surface area contributed by atoms with E-state index in [1.54, 1.807) is 0 Å². The number of anilines is 2. The van der Waals surface area contributed by atoms with Gasteiger partial charge in [0.1, 0.15) is 5.78 Å². The number of Topliss-reactive ketones (excluding diaryl/α,β-unsaturated/α-hetero) is 1. The first-order chi connectivity index (χ1) is 9.96. The fourth-order valence-electron chi connectivity index (χ4n) is 3.74. The highest BCUT2D eigenvalue weighted by atomic mass is 16.1. The van der Waals surface area contributed by atoms with Gasteiger partial charge in [0.05, 0.1) is 11.4 Å². The highest BCUT2D eigenvalue weighted by molar-refractivity contribution is 5.83. The summed E-state index contributed by atoms with van der Waals surface area (Å²) in [5.41, 5.74) is 2.87. The monoisotopic (exact) mass is 286 g/mol. The molecule has 1 aliphatic carbocycles. The molecule has 114 valence electrons. The third-order valence-electron chi connectivity index (χ3n) is 5.08. The molecular weight excluding hydrogens is 260 g/mol. The van der Waals surface area contributed by atoms with Gasteiger partial charge in [-0.15, -0.1) is 0 Å². The molecule has 0 saturated heterocycles. The Hall–Kier alpha value is -1.51. The van der Waals surface area contributed by atoms with Crippen molar-refractivity contribution in [3.63, 3.8) is 0 Å². The van der Waals surface area contributed by atoms with Gasteiger partial charge < -0.3 is 9.80 Å². The fourth-order valence-corrected chi connectivity index (χ4v) is 3.74. The Kier molecular flexibility index (Phi) is 3.68. The van der Waals surface area contributed by atoms with Gasteiger partial charge in [-0.1, -0.05) is 26.0 Å². The molecule has 0 radical (unpaired) electrons. The zero-order valence-electron chi connectivity index (χ0n) is 13.4. The van der Waals surface area contributed by atoms with Crippen LogP contribution in [0.25, 0.3) is 0 Å². The molecule has 2 aliphatic rings. The van der Waals surface area contributed by atoms with Crippen LogP contribution in [-0.4, -0.2) is 32.5 Å². The molecular formula is C18H26N2O. The SMILES string of the molecule is CN1CCN(CC2CC(C)(C)CCC2=O)c2ccccc21. The number of hydrogen-bond acceptors (Lipinski definition) is 3. The number of fused-ring (bicyclic) bond motifs is 1. The Morgan fingerprint density at radius 1 is 1.19 bits per heavy atom. The van der Waals surface area contributed by atoms with E-state index in [1.165, 1.54) is 11.4 Å². The van der Waals surface area contributed by atoms with Crippen LogP contribution in [0.2, 0.25) is 0 Å². The maximum Gasteiger partial charge on any atom is 0.137 e. The Bertz CT molecular complexity index is 538. The van der Waals surface area contributed by atoms with E-state index in [-0.39, 0.29) is 5.92 Å². The molecule has 0 aromatic heterocycles. The largest absolute Gasteiger partial charge is 0.371 e. The quantitative estimate of drug-likeness (QED) is 0.833. The Morgan fingerprint density at radius 2 is 1.90 bits per heavy atom. The van der Waals surface area contributed by atoms with Gasteiger partial charge in [-0.2, -0.15) is 0 Å². The first kappa shape index (κ1) is 14.4. The maximum atomic E-state index is 12.3.